The molecule has 0 aliphatic heterocycles. The lowest BCUT2D eigenvalue weighted by Crippen LogP contribution is -2.12. The van der Waals surface area contributed by atoms with Gasteiger partial charge in [0, 0.05) is 19.3 Å². The minimum atomic E-state index is -0.207. The Morgan fingerprint density at radius 1 is 0.741 bits per heavy atom. The number of nitrogens with zero attached hydrogens (tertiary/aromatic N) is 1. The van der Waals surface area contributed by atoms with E-state index >= 15 is 0 Å². The lowest BCUT2D eigenvalue weighted by Gasteiger charge is -2.03. The second-order valence-electron chi connectivity index (χ2n) is 6.29. The van der Waals surface area contributed by atoms with Crippen molar-refractivity contribution < 1.29 is 4.39 Å². The number of aromatic nitrogens is 1. The van der Waals surface area contributed by atoms with Gasteiger partial charge in [0.05, 0.1) is 4.88 Å². The summed E-state index contributed by atoms with van der Waals surface area (Å²) in [7, 11) is 0. The topological polar surface area (TPSA) is 24.9 Å². The van der Waals surface area contributed by atoms with Crippen molar-refractivity contribution in [2.45, 2.75) is 13.1 Å². The molecule has 0 aliphatic carbocycles. The van der Waals surface area contributed by atoms with Crippen molar-refractivity contribution in [2.75, 3.05) is 0 Å². The van der Waals surface area contributed by atoms with Gasteiger partial charge in [0.25, 0.3) is 0 Å². The summed E-state index contributed by atoms with van der Waals surface area (Å²) in [5, 5.41) is 4.40. The Morgan fingerprint density at radius 2 is 1.41 bits per heavy atom. The van der Waals surface area contributed by atoms with Crippen molar-refractivity contribution in [1.29, 1.82) is 0 Å². The van der Waals surface area contributed by atoms with E-state index in [1.54, 1.807) is 23.5 Å². The Kier molecular flexibility index (Phi) is 5.37. The van der Waals surface area contributed by atoms with Gasteiger partial charge in [-0.3, -0.25) is 0 Å². The third-order valence-electron chi connectivity index (χ3n) is 4.35. The maximum Gasteiger partial charge on any atom is 0.123 e. The van der Waals surface area contributed by atoms with E-state index in [4.69, 9.17) is 0 Å². The number of hydrogen-bond acceptors (Lipinski definition) is 3. The van der Waals surface area contributed by atoms with E-state index < -0.39 is 0 Å². The lowest BCUT2D eigenvalue weighted by atomic mass is 10.0. The van der Waals surface area contributed by atoms with Crippen LogP contribution in [0.25, 0.3) is 21.6 Å². The van der Waals surface area contributed by atoms with Crippen molar-refractivity contribution in [3.63, 3.8) is 0 Å². The van der Waals surface area contributed by atoms with Crippen LogP contribution in [-0.2, 0) is 13.1 Å². The molecule has 4 rings (SSSR count). The highest BCUT2D eigenvalue weighted by molar-refractivity contribution is 7.15. The third-order valence-corrected chi connectivity index (χ3v) is 5.40. The first-order chi connectivity index (χ1) is 13.3. The van der Waals surface area contributed by atoms with Crippen LogP contribution in [0, 0.1) is 5.82 Å². The molecule has 0 spiro atoms. The Labute approximate surface area is 162 Å². The number of rotatable bonds is 6. The zero-order chi connectivity index (χ0) is 18.5. The standard InChI is InChI=1S/C23H19FN2S/c24-21-12-6-17(7-13-21)14-25-16-23-26-15-22(27-23)20-10-8-19(9-11-20)18-4-2-1-3-5-18/h1-13,15,25H,14,16H2. The van der Waals surface area contributed by atoms with Crippen molar-refractivity contribution in [3.05, 3.63) is 101 Å². The van der Waals surface area contributed by atoms with Gasteiger partial charge in [0.15, 0.2) is 0 Å². The SMILES string of the molecule is Fc1ccc(CNCc2ncc(-c3ccc(-c4ccccc4)cc3)s2)cc1. The molecule has 1 N–H and O–H groups in total. The van der Waals surface area contributed by atoms with Crippen LogP contribution in [0.5, 0.6) is 0 Å². The molecule has 0 saturated heterocycles. The molecule has 134 valence electrons. The molecule has 0 fully saturated rings. The second-order valence-corrected chi connectivity index (χ2v) is 7.41. The van der Waals surface area contributed by atoms with Crippen LogP contribution in [0.4, 0.5) is 4.39 Å². The highest BCUT2D eigenvalue weighted by atomic mass is 32.1. The molecule has 0 atom stereocenters. The molecule has 1 aromatic heterocycles. The molecule has 2 nitrogen and oxygen atoms in total. The Morgan fingerprint density at radius 3 is 2.15 bits per heavy atom. The molecule has 0 unspecified atom stereocenters. The van der Waals surface area contributed by atoms with Crippen molar-refractivity contribution in [2.24, 2.45) is 0 Å². The average molecular weight is 374 g/mol. The molecule has 0 saturated carbocycles. The highest BCUT2D eigenvalue weighted by Crippen LogP contribution is 2.28. The first-order valence-corrected chi connectivity index (χ1v) is 9.65. The summed E-state index contributed by atoms with van der Waals surface area (Å²) in [6, 6.07) is 25.5. The average Bonchev–Trinajstić information content (AvgIpc) is 3.19. The number of nitrogens with one attached hydrogen (secondary N) is 1. The van der Waals surface area contributed by atoms with E-state index in [0.717, 1.165) is 15.4 Å². The molecule has 0 radical (unpaired) electrons. The van der Waals surface area contributed by atoms with Gasteiger partial charge in [-0.15, -0.1) is 11.3 Å². The van der Waals surface area contributed by atoms with Crippen molar-refractivity contribution >= 4 is 11.3 Å². The molecule has 0 bridgehead atoms. The van der Waals surface area contributed by atoms with Crippen LogP contribution < -0.4 is 5.32 Å². The van der Waals surface area contributed by atoms with E-state index in [9.17, 15) is 4.39 Å². The van der Waals surface area contributed by atoms with E-state index in [1.807, 2.05) is 12.3 Å². The van der Waals surface area contributed by atoms with Crippen LogP contribution in [0.15, 0.2) is 85.1 Å². The van der Waals surface area contributed by atoms with E-state index in [1.165, 1.54) is 28.8 Å². The van der Waals surface area contributed by atoms with Gasteiger partial charge >= 0.3 is 0 Å². The summed E-state index contributed by atoms with van der Waals surface area (Å²) in [6.45, 7) is 1.39. The normalized spacial score (nSPS) is 10.9. The zero-order valence-electron chi connectivity index (χ0n) is 14.7. The molecular weight excluding hydrogens is 355 g/mol. The van der Waals surface area contributed by atoms with Crippen molar-refractivity contribution in [1.82, 2.24) is 10.3 Å². The molecule has 4 aromatic rings. The Hall–Kier alpha value is -2.82. The molecule has 0 amide bonds. The number of thiazole rings is 1. The fourth-order valence-corrected chi connectivity index (χ4v) is 3.79. The molecule has 3 aromatic carbocycles. The van der Waals surface area contributed by atoms with E-state index in [0.29, 0.717) is 13.1 Å². The van der Waals surface area contributed by atoms with E-state index in [2.05, 4.69) is 58.8 Å². The largest absolute Gasteiger partial charge is 0.306 e. The maximum absolute atomic E-state index is 12.9. The summed E-state index contributed by atoms with van der Waals surface area (Å²) in [5.41, 5.74) is 4.67. The first-order valence-electron chi connectivity index (χ1n) is 8.84. The number of benzene rings is 3. The van der Waals surface area contributed by atoms with Gasteiger partial charge in [-0.1, -0.05) is 66.7 Å². The smallest absolute Gasteiger partial charge is 0.123 e. The molecule has 4 heteroatoms. The fourth-order valence-electron chi connectivity index (χ4n) is 2.90. The highest BCUT2D eigenvalue weighted by Gasteiger charge is 2.05. The van der Waals surface area contributed by atoms with Crippen LogP contribution in [0.2, 0.25) is 0 Å². The molecule has 0 aliphatic rings. The van der Waals surface area contributed by atoms with Gasteiger partial charge in [0.2, 0.25) is 0 Å². The van der Waals surface area contributed by atoms with Gasteiger partial charge < -0.3 is 5.32 Å². The Bertz CT molecular complexity index is 993. The zero-order valence-corrected chi connectivity index (χ0v) is 15.5. The lowest BCUT2D eigenvalue weighted by molar-refractivity contribution is 0.625. The quantitative estimate of drug-likeness (QED) is 0.454. The first kappa shape index (κ1) is 17.6. The van der Waals surface area contributed by atoms with Crippen molar-refractivity contribution in [3.8, 4) is 21.6 Å². The monoisotopic (exact) mass is 374 g/mol. The predicted octanol–water partition coefficient (Wildman–Crippen LogP) is 5.91. The maximum atomic E-state index is 12.9. The molecule has 1 heterocycles. The van der Waals surface area contributed by atoms with Gasteiger partial charge in [0.1, 0.15) is 10.8 Å². The number of halogens is 1. The van der Waals surface area contributed by atoms with Gasteiger partial charge in [-0.2, -0.15) is 0 Å². The van der Waals surface area contributed by atoms with Gasteiger partial charge in [-0.25, -0.2) is 9.37 Å². The summed E-state index contributed by atoms with van der Waals surface area (Å²) in [6.07, 6.45) is 1.93. The molecular formula is C23H19FN2S. The van der Waals surface area contributed by atoms with Crippen LogP contribution in [-0.4, -0.2) is 4.98 Å². The summed E-state index contributed by atoms with van der Waals surface area (Å²) < 4.78 is 12.9. The minimum absolute atomic E-state index is 0.207. The van der Waals surface area contributed by atoms with Crippen LogP contribution in [0.1, 0.15) is 10.6 Å². The van der Waals surface area contributed by atoms with Crippen LogP contribution in [0.3, 0.4) is 0 Å². The fraction of sp³-hybridized carbons (Fsp3) is 0.0870. The molecule has 27 heavy (non-hydrogen) atoms. The summed E-state index contributed by atoms with van der Waals surface area (Å²) in [4.78, 5) is 5.67. The Balaban J connectivity index is 1.38. The minimum Gasteiger partial charge on any atom is -0.306 e. The van der Waals surface area contributed by atoms with Crippen LogP contribution >= 0.6 is 11.3 Å². The number of hydrogen-bond donors (Lipinski definition) is 1. The predicted molar refractivity (Wildman–Crippen MR) is 110 cm³/mol. The van der Waals surface area contributed by atoms with E-state index in [-0.39, 0.29) is 5.82 Å². The third kappa shape index (κ3) is 4.48. The summed E-state index contributed by atoms with van der Waals surface area (Å²) >= 11 is 1.69. The van der Waals surface area contributed by atoms with Gasteiger partial charge in [-0.05, 0) is 34.4 Å². The summed E-state index contributed by atoms with van der Waals surface area (Å²) in [5.74, 6) is -0.207. The second kappa shape index (κ2) is 8.25.